The number of aryl methyl sites for hydroxylation is 2. The number of pyridine rings is 1. The lowest BCUT2D eigenvalue weighted by Crippen LogP contribution is -2.24. The van der Waals surface area contributed by atoms with Crippen LogP contribution in [-0.4, -0.2) is 16.0 Å². The third-order valence-electron chi connectivity index (χ3n) is 2.77. The minimum absolute atomic E-state index is 0.280. The third kappa shape index (κ3) is 2.89. The number of carbonyl (C=O) groups excluding carboxylic acids is 1. The van der Waals surface area contributed by atoms with Crippen LogP contribution in [0.2, 0.25) is 0 Å². The molecule has 0 aliphatic heterocycles. The topological polar surface area (TPSA) is 106 Å². The van der Waals surface area contributed by atoms with E-state index in [9.17, 15) is 4.79 Å². The summed E-state index contributed by atoms with van der Waals surface area (Å²) in [6, 6.07) is 3.24. The van der Waals surface area contributed by atoms with E-state index in [0.717, 1.165) is 11.3 Å². The summed E-state index contributed by atoms with van der Waals surface area (Å²) in [6.07, 6.45) is 1.51. The van der Waals surface area contributed by atoms with Crippen LogP contribution >= 0.6 is 0 Å². The number of nitrogens with two attached hydrogens (primary N) is 1. The van der Waals surface area contributed by atoms with Crippen LogP contribution in [0.5, 0.6) is 0 Å². The molecule has 7 heteroatoms. The van der Waals surface area contributed by atoms with E-state index >= 15 is 0 Å². The number of anilines is 1. The van der Waals surface area contributed by atoms with Gasteiger partial charge in [-0.2, -0.15) is 0 Å². The zero-order chi connectivity index (χ0) is 13.8. The smallest absolute Gasteiger partial charge is 0.270 e. The molecule has 4 N–H and O–H groups in total. The molecule has 19 heavy (non-hydrogen) atoms. The van der Waals surface area contributed by atoms with Crippen molar-refractivity contribution in [2.45, 2.75) is 20.4 Å². The minimum Gasteiger partial charge on any atom is -0.361 e. The number of amides is 1. The summed E-state index contributed by atoms with van der Waals surface area (Å²) in [4.78, 5) is 15.9. The molecule has 2 rings (SSSR count). The molecule has 2 heterocycles. The van der Waals surface area contributed by atoms with Crippen molar-refractivity contribution in [3.63, 3.8) is 0 Å². The molecule has 2 aromatic rings. The van der Waals surface area contributed by atoms with Crippen LogP contribution in [0.1, 0.15) is 27.5 Å². The van der Waals surface area contributed by atoms with Crippen LogP contribution in [0.25, 0.3) is 0 Å². The Bertz CT molecular complexity index is 574. The van der Waals surface area contributed by atoms with Gasteiger partial charge in [-0.25, -0.2) is 0 Å². The second kappa shape index (κ2) is 5.49. The van der Waals surface area contributed by atoms with E-state index in [-0.39, 0.29) is 5.91 Å². The molecule has 0 atom stereocenters. The van der Waals surface area contributed by atoms with E-state index in [0.29, 0.717) is 23.7 Å². The Morgan fingerprint density at radius 1 is 1.47 bits per heavy atom. The Morgan fingerprint density at radius 3 is 2.89 bits per heavy atom. The quantitative estimate of drug-likeness (QED) is 0.557. The summed E-state index contributed by atoms with van der Waals surface area (Å²) in [5.41, 5.74) is 5.02. The van der Waals surface area contributed by atoms with Gasteiger partial charge in [-0.3, -0.25) is 15.6 Å². The largest absolute Gasteiger partial charge is 0.361 e. The van der Waals surface area contributed by atoms with Crippen LogP contribution in [0.15, 0.2) is 22.9 Å². The third-order valence-corrected chi connectivity index (χ3v) is 2.77. The van der Waals surface area contributed by atoms with Gasteiger partial charge in [0.05, 0.1) is 11.4 Å². The minimum atomic E-state index is -0.280. The van der Waals surface area contributed by atoms with Gasteiger partial charge in [0, 0.05) is 18.3 Å². The Balaban J connectivity index is 2.05. The van der Waals surface area contributed by atoms with Gasteiger partial charge in [0.2, 0.25) is 0 Å². The lowest BCUT2D eigenvalue weighted by molar-refractivity contribution is 0.0946. The van der Waals surface area contributed by atoms with Crippen LogP contribution in [-0.2, 0) is 6.54 Å². The molecule has 0 bridgehead atoms. The highest BCUT2D eigenvalue weighted by Crippen LogP contribution is 2.12. The number of nitrogen functional groups attached to an aromatic ring is 1. The second-order valence-corrected chi connectivity index (χ2v) is 4.06. The fourth-order valence-corrected chi connectivity index (χ4v) is 1.66. The molecule has 0 aliphatic rings. The molecular formula is C12H15N5O2. The molecule has 0 aromatic carbocycles. The molecule has 0 fully saturated rings. The predicted molar refractivity (Wildman–Crippen MR) is 69.2 cm³/mol. The first-order chi connectivity index (χ1) is 9.11. The molecule has 1 amide bonds. The summed E-state index contributed by atoms with van der Waals surface area (Å²) >= 11 is 0. The van der Waals surface area contributed by atoms with E-state index < -0.39 is 0 Å². The normalized spacial score (nSPS) is 10.3. The Labute approximate surface area is 110 Å². The molecule has 0 radical (unpaired) electrons. The molecule has 0 saturated heterocycles. The molecule has 100 valence electrons. The van der Waals surface area contributed by atoms with Crippen molar-refractivity contribution in [1.82, 2.24) is 15.5 Å². The van der Waals surface area contributed by atoms with Gasteiger partial charge in [0.15, 0.2) is 0 Å². The lowest BCUT2D eigenvalue weighted by Gasteiger charge is -2.05. The fraction of sp³-hybridized carbons (Fsp3) is 0.250. The van der Waals surface area contributed by atoms with Crippen molar-refractivity contribution in [2.75, 3.05) is 5.43 Å². The number of rotatable bonds is 4. The molecule has 2 aromatic heterocycles. The van der Waals surface area contributed by atoms with E-state index in [4.69, 9.17) is 10.4 Å². The van der Waals surface area contributed by atoms with Crippen molar-refractivity contribution in [3.8, 4) is 0 Å². The van der Waals surface area contributed by atoms with Crippen molar-refractivity contribution in [3.05, 3.63) is 41.0 Å². The van der Waals surface area contributed by atoms with Gasteiger partial charge >= 0.3 is 0 Å². The van der Waals surface area contributed by atoms with E-state index in [1.165, 1.54) is 6.20 Å². The highest BCUT2D eigenvalue weighted by atomic mass is 16.5. The maximum absolute atomic E-state index is 11.9. The van der Waals surface area contributed by atoms with Gasteiger partial charge < -0.3 is 15.3 Å². The average molecular weight is 261 g/mol. The monoisotopic (exact) mass is 261 g/mol. The first kappa shape index (κ1) is 13.0. The van der Waals surface area contributed by atoms with Crippen LogP contribution < -0.4 is 16.6 Å². The number of aromatic nitrogens is 2. The summed E-state index contributed by atoms with van der Waals surface area (Å²) in [5, 5.41) is 6.59. The van der Waals surface area contributed by atoms with E-state index in [2.05, 4.69) is 20.9 Å². The van der Waals surface area contributed by atoms with Gasteiger partial charge in [-0.15, -0.1) is 0 Å². The highest BCUT2D eigenvalue weighted by Gasteiger charge is 2.12. The van der Waals surface area contributed by atoms with Crippen LogP contribution in [0, 0.1) is 13.8 Å². The molecular weight excluding hydrogens is 246 g/mol. The van der Waals surface area contributed by atoms with Crippen LogP contribution in [0.4, 0.5) is 5.69 Å². The van der Waals surface area contributed by atoms with Crippen molar-refractivity contribution >= 4 is 11.6 Å². The maximum atomic E-state index is 11.9. The zero-order valence-corrected chi connectivity index (χ0v) is 10.7. The number of hydrogen-bond donors (Lipinski definition) is 3. The second-order valence-electron chi connectivity index (χ2n) is 4.06. The summed E-state index contributed by atoms with van der Waals surface area (Å²) in [6.45, 7) is 3.98. The highest BCUT2D eigenvalue weighted by molar-refractivity contribution is 5.93. The molecule has 0 unspecified atom stereocenters. The molecule has 7 nitrogen and oxygen atoms in total. The van der Waals surface area contributed by atoms with E-state index in [1.54, 1.807) is 19.1 Å². The summed E-state index contributed by atoms with van der Waals surface area (Å²) < 4.78 is 5.03. The van der Waals surface area contributed by atoms with Gasteiger partial charge in [0.25, 0.3) is 5.91 Å². The maximum Gasteiger partial charge on any atom is 0.270 e. The fourth-order valence-electron chi connectivity index (χ4n) is 1.66. The van der Waals surface area contributed by atoms with Gasteiger partial charge in [-0.05, 0) is 26.0 Å². The standard InChI is InChI=1S/C12H15N5O2/c1-7-10(8(2)19-17-7)6-15-12(18)11-5-9(16-13)3-4-14-11/h3-5H,6,13H2,1-2H3,(H,14,16)(H,15,18). The number of hydrogen-bond acceptors (Lipinski definition) is 6. The Morgan fingerprint density at radius 2 is 2.26 bits per heavy atom. The lowest BCUT2D eigenvalue weighted by atomic mass is 10.2. The SMILES string of the molecule is Cc1noc(C)c1CNC(=O)c1cc(NN)ccn1. The van der Waals surface area contributed by atoms with Gasteiger partial charge in [-0.1, -0.05) is 5.16 Å². The number of carbonyl (C=O) groups is 1. The summed E-state index contributed by atoms with van der Waals surface area (Å²) in [7, 11) is 0. The molecule has 0 aliphatic carbocycles. The zero-order valence-electron chi connectivity index (χ0n) is 10.7. The van der Waals surface area contributed by atoms with Crippen molar-refractivity contribution in [1.29, 1.82) is 0 Å². The first-order valence-corrected chi connectivity index (χ1v) is 5.74. The van der Waals surface area contributed by atoms with Crippen molar-refractivity contribution < 1.29 is 9.32 Å². The van der Waals surface area contributed by atoms with E-state index in [1.807, 2.05) is 6.92 Å². The average Bonchev–Trinajstić information content (AvgIpc) is 2.75. The Kier molecular flexibility index (Phi) is 3.76. The molecule has 0 spiro atoms. The Hall–Kier alpha value is -2.41. The molecule has 0 saturated carbocycles. The van der Waals surface area contributed by atoms with Crippen molar-refractivity contribution in [2.24, 2.45) is 5.84 Å². The van der Waals surface area contributed by atoms with Gasteiger partial charge in [0.1, 0.15) is 11.5 Å². The number of nitrogens with zero attached hydrogens (tertiary/aromatic N) is 2. The first-order valence-electron chi connectivity index (χ1n) is 5.74. The number of nitrogens with one attached hydrogen (secondary N) is 2. The number of hydrazine groups is 1. The summed E-state index contributed by atoms with van der Waals surface area (Å²) in [5.74, 6) is 5.70. The van der Waals surface area contributed by atoms with Crippen LogP contribution in [0.3, 0.4) is 0 Å². The predicted octanol–water partition coefficient (Wildman–Crippen LogP) is 0.902.